The largest absolute Gasteiger partial charge is 0.468 e. The Labute approximate surface area is 130 Å². The lowest BCUT2D eigenvalue weighted by atomic mass is 10.3. The minimum absolute atomic E-state index is 0.0119. The first-order valence-electron chi connectivity index (χ1n) is 6.77. The van der Waals surface area contributed by atoms with Gasteiger partial charge in [-0.2, -0.15) is 13.2 Å². The van der Waals surface area contributed by atoms with Crippen molar-refractivity contribution in [2.45, 2.75) is 25.7 Å². The average Bonchev–Trinajstić information content (AvgIpc) is 2.97. The van der Waals surface area contributed by atoms with E-state index in [2.05, 4.69) is 20.0 Å². The Bertz CT molecular complexity index is 644. The number of nitrogens with zero attached hydrogens (tertiary/aromatic N) is 3. The standard InChI is InChI=1S/C14H15F3N4O2/c1-10(7-21-6-5-18-9-21)19-13(22)11-3-2-4-12(20-11)23-8-14(15,16)17/h2-6,9-10H,7-8H2,1H3,(H,19,22)/t10-/m1/s1. The molecular formula is C14H15F3N4O2. The molecule has 0 radical (unpaired) electrons. The van der Waals surface area contributed by atoms with E-state index in [-0.39, 0.29) is 17.6 Å². The van der Waals surface area contributed by atoms with Gasteiger partial charge in [0.25, 0.3) is 5.91 Å². The quantitative estimate of drug-likeness (QED) is 0.881. The number of aromatic nitrogens is 3. The topological polar surface area (TPSA) is 69.0 Å². The van der Waals surface area contributed by atoms with Crippen molar-refractivity contribution in [1.82, 2.24) is 19.9 Å². The zero-order valence-corrected chi connectivity index (χ0v) is 12.2. The number of hydrogen-bond acceptors (Lipinski definition) is 4. The van der Waals surface area contributed by atoms with Gasteiger partial charge >= 0.3 is 6.18 Å². The van der Waals surface area contributed by atoms with Gasteiger partial charge in [0.05, 0.1) is 6.33 Å². The van der Waals surface area contributed by atoms with Gasteiger partial charge in [-0.3, -0.25) is 4.79 Å². The van der Waals surface area contributed by atoms with Crippen LogP contribution in [0.1, 0.15) is 17.4 Å². The fourth-order valence-electron chi connectivity index (χ4n) is 1.83. The third kappa shape index (κ3) is 5.61. The fraction of sp³-hybridized carbons (Fsp3) is 0.357. The third-order valence-electron chi connectivity index (χ3n) is 2.76. The van der Waals surface area contributed by atoms with Crippen molar-refractivity contribution in [2.24, 2.45) is 0 Å². The van der Waals surface area contributed by atoms with Crippen molar-refractivity contribution in [3.05, 3.63) is 42.6 Å². The second-order valence-corrected chi connectivity index (χ2v) is 4.90. The van der Waals surface area contributed by atoms with Gasteiger partial charge in [-0.05, 0) is 13.0 Å². The highest BCUT2D eigenvalue weighted by molar-refractivity contribution is 5.92. The van der Waals surface area contributed by atoms with Crippen LogP contribution in [0.15, 0.2) is 36.9 Å². The summed E-state index contributed by atoms with van der Waals surface area (Å²) in [4.78, 5) is 19.7. The van der Waals surface area contributed by atoms with Crippen molar-refractivity contribution in [3.8, 4) is 5.88 Å². The molecule has 9 heteroatoms. The molecule has 2 heterocycles. The molecule has 124 valence electrons. The van der Waals surface area contributed by atoms with E-state index in [0.717, 1.165) is 0 Å². The molecule has 0 spiro atoms. The van der Waals surface area contributed by atoms with Crippen LogP contribution in [-0.4, -0.2) is 39.3 Å². The Morgan fingerprint density at radius 1 is 1.43 bits per heavy atom. The number of rotatable bonds is 6. The zero-order chi connectivity index (χ0) is 16.9. The number of alkyl halides is 3. The van der Waals surface area contributed by atoms with Crippen LogP contribution in [-0.2, 0) is 6.54 Å². The predicted molar refractivity (Wildman–Crippen MR) is 74.9 cm³/mol. The van der Waals surface area contributed by atoms with E-state index >= 15 is 0 Å². The normalized spacial score (nSPS) is 12.7. The first kappa shape index (κ1) is 16.8. The molecule has 1 N–H and O–H groups in total. The molecule has 0 bridgehead atoms. The van der Waals surface area contributed by atoms with Gasteiger partial charge in [0.15, 0.2) is 6.61 Å². The molecule has 0 aliphatic carbocycles. The summed E-state index contributed by atoms with van der Waals surface area (Å²) in [5.41, 5.74) is -0.0119. The SMILES string of the molecule is C[C@H](Cn1ccnc1)NC(=O)c1cccc(OCC(F)(F)F)n1. The summed E-state index contributed by atoms with van der Waals surface area (Å²) in [7, 11) is 0. The van der Waals surface area contributed by atoms with Crippen LogP contribution in [0.2, 0.25) is 0 Å². The molecule has 0 aliphatic heterocycles. The smallest absolute Gasteiger partial charge is 0.422 e. The molecule has 0 fully saturated rings. The highest BCUT2D eigenvalue weighted by Gasteiger charge is 2.28. The molecular weight excluding hydrogens is 313 g/mol. The van der Waals surface area contributed by atoms with Crippen molar-refractivity contribution in [3.63, 3.8) is 0 Å². The minimum Gasteiger partial charge on any atom is -0.468 e. The van der Waals surface area contributed by atoms with Crippen molar-refractivity contribution >= 4 is 5.91 Å². The number of halogens is 3. The van der Waals surface area contributed by atoms with E-state index in [4.69, 9.17) is 0 Å². The molecule has 0 unspecified atom stereocenters. The Hall–Kier alpha value is -2.58. The molecule has 0 aromatic carbocycles. The molecule has 1 amide bonds. The molecule has 23 heavy (non-hydrogen) atoms. The van der Waals surface area contributed by atoms with Gasteiger partial charge in [0, 0.05) is 31.0 Å². The van der Waals surface area contributed by atoms with Gasteiger partial charge in [0.1, 0.15) is 5.69 Å². The zero-order valence-electron chi connectivity index (χ0n) is 12.2. The summed E-state index contributed by atoms with van der Waals surface area (Å²) in [6.07, 6.45) is 0.538. The van der Waals surface area contributed by atoms with E-state index in [1.54, 1.807) is 30.2 Å². The van der Waals surface area contributed by atoms with Crippen LogP contribution < -0.4 is 10.1 Å². The van der Waals surface area contributed by atoms with E-state index in [9.17, 15) is 18.0 Å². The second kappa shape index (κ2) is 7.12. The summed E-state index contributed by atoms with van der Waals surface area (Å²) in [6, 6.07) is 3.86. The number of pyridine rings is 1. The first-order chi connectivity index (χ1) is 10.8. The maximum absolute atomic E-state index is 12.1. The summed E-state index contributed by atoms with van der Waals surface area (Å²) < 4.78 is 42.7. The number of ether oxygens (including phenoxy) is 1. The number of imidazole rings is 1. The first-order valence-corrected chi connectivity index (χ1v) is 6.77. The highest BCUT2D eigenvalue weighted by atomic mass is 19.4. The molecule has 6 nitrogen and oxygen atoms in total. The summed E-state index contributed by atoms with van der Waals surface area (Å²) in [5.74, 6) is -0.743. The second-order valence-electron chi connectivity index (χ2n) is 4.90. The maximum atomic E-state index is 12.1. The van der Waals surface area contributed by atoms with Gasteiger partial charge < -0.3 is 14.6 Å². The summed E-state index contributed by atoms with van der Waals surface area (Å²) >= 11 is 0. The molecule has 0 saturated carbocycles. The van der Waals surface area contributed by atoms with Crippen molar-refractivity contribution in [2.75, 3.05) is 6.61 Å². The van der Waals surface area contributed by atoms with Crippen LogP contribution in [0.4, 0.5) is 13.2 Å². The van der Waals surface area contributed by atoms with E-state index in [1.165, 1.54) is 18.2 Å². The summed E-state index contributed by atoms with van der Waals surface area (Å²) in [5, 5.41) is 2.71. The van der Waals surface area contributed by atoms with Crippen LogP contribution >= 0.6 is 0 Å². The Morgan fingerprint density at radius 2 is 2.22 bits per heavy atom. The predicted octanol–water partition coefficient (Wildman–Crippen LogP) is 2.04. The number of hydrogen-bond donors (Lipinski definition) is 1. The molecule has 2 rings (SSSR count). The molecule has 0 saturated heterocycles. The maximum Gasteiger partial charge on any atom is 0.422 e. The lowest BCUT2D eigenvalue weighted by Crippen LogP contribution is -2.36. The van der Waals surface area contributed by atoms with E-state index in [0.29, 0.717) is 6.54 Å². The van der Waals surface area contributed by atoms with Crippen LogP contribution in [0.3, 0.4) is 0 Å². The number of carbonyl (C=O) groups is 1. The Morgan fingerprint density at radius 3 is 2.87 bits per heavy atom. The monoisotopic (exact) mass is 328 g/mol. The van der Waals surface area contributed by atoms with Gasteiger partial charge in [-0.15, -0.1) is 0 Å². The van der Waals surface area contributed by atoms with E-state index in [1.807, 2.05) is 0 Å². The van der Waals surface area contributed by atoms with Gasteiger partial charge in [-0.1, -0.05) is 6.07 Å². The van der Waals surface area contributed by atoms with Crippen molar-refractivity contribution < 1.29 is 22.7 Å². The lowest BCUT2D eigenvalue weighted by Gasteiger charge is -2.14. The van der Waals surface area contributed by atoms with Crippen LogP contribution in [0.5, 0.6) is 5.88 Å². The van der Waals surface area contributed by atoms with Crippen LogP contribution in [0, 0.1) is 0 Å². The molecule has 2 aromatic heterocycles. The Balaban J connectivity index is 1.93. The van der Waals surface area contributed by atoms with Crippen molar-refractivity contribution in [1.29, 1.82) is 0 Å². The third-order valence-corrected chi connectivity index (χ3v) is 2.76. The number of amides is 1. The molecule has 2 aromatic rings. The van der Waals surface area contributed by atoms with Gasteiger partial charge in [0.2, 0.25) is 5.88 Å². The Kier molecular flexibility index (Phi) is 5.20. The highest BCUT2D eigenvalue weighted by Crippen LogP contribution is 2.17. The average molecular weight is 328 g/mol. The van der Waals surface area contributed by atoms with Gasteiger partial charge in [-0.25, -0.2) is 9.97 Å². The minimum atomic E-state index is -4.46. The molecule has 0 aliphatic rings. The van der Waals surface area contributed by atoms with E-state index < -0.39 is 18.7 Å². The molecule has 1 atom stereocenters. The summed E-state index contributed by atoms with van der Waals surface area (Å²) in [6.45, 7) is 0.847. The number of nitrogens with one attached hydrogen (secondary N) is 1. The number of carbonyl (C=O) groups excluding carboxylic acids is 1. The van der Waals surface area contributed by atoms with Crippen LogP contribution in [0.25, 0.3) is 0 Å². The fourth-order valence-corrected chi connectivity index (χ4v) is 1.83. The lowest BCUT2D eigenvalue weighted by molar-refractivity contribution is -0.154.